The van der Waals surface area contributed by atoms with Gasteiger partial charge in [0.1, 0.15) is 31.0 Å². The van der Waals surface area contributed by atoms with Gasteiger partial charge in [0.15, 0.2) is 0 Å². The molecule has 1 saturated heterocycles. The number of imide groups is 1. The second-order valence-electron chi connectivity index (χ2n) is 6.13. The van der Waals surface area contributed by atoms with E-state index in [0.717, 1.165) is 17.7 Å². The third-order valence-corrected chi connectivity index (χ3v) is 4.67. The van der Waals surface area contributed by atoms with Crippen LogP contribution >= 0.6 is 11.6 Å². The van der Waals surface area contributed by atoms with Crippen LogP contribution in [-0.2, 0) is 14.3 Å². The third-order valence-electron chi connectivity index (χ3n) is 4.42. The maximum atomic E-state index is 12.4. The first kappa shape index (κ1) is 17.5. The number of ether oxygens (including phenoxy) is 2. The molecule has 1 aromatic carbocycles. The molecular formula is C17H19ClN2O5. The predicted octanol–water partition coefficient (Wildman–Crippen LogP) is 2.13. The van der Waals surface area contributed by atoms with Gasteiger partial charge >= 0.3 is 12.0 Å². The number of hydrogen-bond donors (Lipinski definition) is 1. The molecule has 8 heteroatoms. The molecular weight excluding hydrogens is 348 g/mol. The smallest absolute Gasteiger partial charge is 0.326 e. The molecule has 7 nitrogen and oxygen atoms in total. The van der Waals surface area contributed by atoms with Crippen LogP contribution in [0.5, 0.6) is 5.75 Å². The largest absolute Gasteiger partial charge is 0.490 e. The Morgan fingerprint density at radius 3 is 2.52 bits per heavy atom. The summed E-state index contributed by atoms with van der Waals surface area (Å²) in [4.78, 5) is 37.2. The van der Waals surface area contributed by atoms with Crippen LogP contribution in [0.2, 0.25) is 5.02 Å². The Kier molecular flexibility index (Phi) is 5.13. The van der Waals surface area contributed by atoms with E-state index in [2.05, 4.69) is 5.32 Å². The molecule has 3 amide bonds. The number of amides is 3. The lowest BCUT2D eigenvalue weighted by molar-refractivity contribution is -0.148. The highest BCUT2D eigenvalue weighted by Crippen LogP contribution is 2.34. The van der Waals surface area contributed by atoms with Crippen LogP contribution in [0, 0.1) is 0 Å². The summed E-state index contributed by atoms with van der Waals surface area (Å²) >= 11 is 5.77. The lowest BCUT2D eigenvalue weighted by atomic mass is 9.98. The number of urea groups is 1. The maximum Gasteiger partial charge on any atom is 0.326 e. The highest BCUT2D eigenvalue weighted by molar-refractivity contribution is 6.30. The van der Waals surface area contributed by atoms with Crippen molar-refractivity contribution in [2.75, 3.05) is 19.8 Å². The van der Waals surface area contributed by atoms with Crippen molar-refractivity contribution in [1.29, 1.82) is 0 Å². The molecule has 1 aromatic rings. The summed E-state index contributed by atoms with van der Waals surface area (Å²) in [6, 6.07) is 6.27. The Labute approximate surface area is 150 Å². The quantitative estimate of drug-likeness (QED) is 0.473. The van der Waals surface area contributed by atoms with Gasteiger partial charge in [-0.2, -0.15) is 0 Å². The van der Waals surface area contributed by atoms with Crippen LogP contribution in [-0.4, -0.2) is 48.1 Å². The van der Waals surface area contributed by atoms with Gasteiger partial charge in [-0.3, -0.25) is 14.5 Å². The lowest BCUT2D eigenvalue weighted by Crippen LogP contribution is -2.44. The lowest BCUT2D eigenvalue weighted by Gasteiger charge is -2.19. The number of rotatable bonds is 6. The number of esters is 1. The average Bonchev–Trinajstić information content (AvgIpc) is 3.14. The summed E-state index contributed by atoms with van der Waals surface area (Å²) in [5.74, 6) is -0.361. The van der Waals surface area contributed by atoms with Crippen molar-refractivity contribution in [2.45, 2.75) is 31.2 Å². The van der Waals surface area contributed by atoms with Crippen LogP contribution in [0.1, 0.15) is 25.7 Å². The van der Waals surface area contributed by atoms with Gasteiger partial charge in [0.2, 0.25) is 0 Å². The second kappa shape index (κ2) is 7.31. The number of hydrogen-bond acceptors (Lipinski definition) is 5. The maximum absolute atomic E-state index is 12.4. The van der Waals surface area contributed by atoms with Crippen molar-refractivity contribution in [3.8, 4) is 5.75 Å². The molecule has 0 unspecified atom stereocenters. The SMILES string of the molecule is O=C(CN1C(=O)NC2(CCCC2)C1=O)OCCOc1ccc(Cl)cc1. The number of nitrogens with one attached hydrogen (secondary N) is 1. The fraction of sp³-hybridized carbons (Fsp3) is 0.471. The van der Waals surface area contributed by atoms with E-state index in [0.29, 0.717) is 23.6 Å². The first-order valence-electron chi connectivity index (χ1n) is 8.18. The highest BCUT2D eigenvalue weighted by atomic mass is 35.5. The van der Waals surface area contributed by atoms with Crippen molar-refractivity contribution in [3.05, 3.63) is 29.3 Å². The van der Waals surface area contributed by atoms with Crippen molar-refractivity contribution < 1.29 is 23.9 Å². The van der Waals surface area contributed by atoms with Crippen molar-refractivity contribution in [2.24, 2.45) is 0 Å². The molecule has 0 radical (unpaired) electrons. The number of carbonyl (C=O) groups excluding carboxylic acids is 3. The molecule has 2 aliphatic rings. The first-order valence-corrected chi connectivity index (χ1v) is 8.56. The Morgan fingerprint density at radius 2 is 1.84 bits per heavy atom. The van der Waals surface area contributed by atoms with Gasteiger partial charge < -0.3 is 14.8 Å². The minimum Gasteiger partial charge on any atom is -0.490 e. The molecule has 25 heavy (non-hydrogen) atoms. The van der Waals surface area contributed by atoms with Gasteiger partial charge in [0.25, 0.3) is 5.91 Å². The first-order chi connectivity index (χ1) is 12.0. The van der Waals surface area contributed by atoms with Crippen molar-refractivity contribution >= 4 is 29.5 Å². The minimum atomic E-state index is -0.810. The summed E-state index contributed by atoms with van der Waals surface area (Å²) in [6.07, 6.45) is 3.04. The van der Waals surface area contributed by atoms with Gasteiger partial charge in [-0.1, -0.05) is 24.4 Å². The molecule has 0 atom stereocenters. The fourth-order valence-corrected chi connectivity index (χ4v) is 3.28. The van der Waals surface area contributed by atoms with Crippen LogP contribution in [0.4, 0.5) is 4.79 Å². The summed E-state index contributed by atoms with van der Waals surface area (Å²) < 4.78 is 10.4. The van der Waals surface area contributed by atoms with Crippen molar-refractivity contribution in [1.82, 2.24) is 10.2 Å². The van der Waals surface area contributed by atoms with E-state index in [1.165, 1.54) is 0 Å². The number of nitrogens with zero attached hydrogens (tertiary/aromatic N) is 1. The van der Waals surface area contributed by atoms with Gasteiger partial charge in [-0.25, -0.2) is 4.79 Å². The Balaban J connectivity index is 1.42. The van der Waals surface area contributed by atoms with Gasteiger partial charge in [0.05, 0.1) is 0 Å². The fourth-order valence-electron chi connectivity index (χ4n) is 3.16. The second-order valence-corrected chi connectivity index (χ2v) is 6.57. The molecule has 1 aliphatic heterocycles. The predicted molar refractivity (Wildman–Crippen MR) is 89.3 cm³/mol. The summed E-state index contributed by atoms with van der Waals surface area (Å²) in [6.45, 7) is -0.193. The average molecular weight is 367 g/mol. The molecule has 1 saturated carbocycles. The Hall–Kier alpha value is -2.28. The van der Waals surface area contributed by atoms with Gasteiger partial charge in [-0.05, 0) is 37.1 Å². The standard InChI is InChI=1S/C17H19ClN2O5/c18-12-3-5-13(6-4-12)24-9-10-25-14(21)11-20-15(22)17(19-16(20)23)7-1-2-8-17/h3-6H,1-2,7-11H2,(H,19,23). The minimum absolute atomic E-state index is 0.0241. The molecule has 0 aromatic heterocycles. The van der Waals surface area contributed by atoms with E-state index in [1.54, 1.807) is 24.3 Å². The molecule has 134 valence electrons. The van der Waals surface area contributed by atoms with Gasteiger partial charge in [0, 0.05) is 5.02 Å². The number of halogens is 1. The topological polar surface area (TPSA) is 84.9 Å². The Morgan fingerprint density at radius 1 is 1.16 bits per heavy atom. The Bertz CT molecular complexity index is 670. The van der Waals surface area contributed by atoms with Crippen LogP contribution < -0.4 is 10.1 Å². The number of carbonyl (C=O) groups is 3. The van der Waals surface area contributed by atoms with E-state index >= 15 is 0 Å². The van der Waals surface area contributed by atoms with Crippen LogP contribution in [0.25, 0.3) is 0 Å². The molecule has 1 heterocycles. The zero-order valence-electron chi connectivity index (χ0n) is 13.6. The van der Waals surface area contributed by atoms with E-state index in [1.807, 2.05) is 0 Å². The van der Waals surface area contributed by atoms with Crippen LogP contribution in [0.15, 0.2) is 24.3 Å². The van der Waals surface area contributed by atoms with E-state index < -0.39 is 17.5 Å². The molecule has 1 spiro atoms. The molecule has 1 aliphatic carbocycles. The molecule has 1 N–H and O–H groups in total. The third kappa shape index (κ3) is 3.87. The van der Waals surface area contributed by atoms with Crippen molar-refractivity contribution in [3.63, 3.8) is 0 Å². The zero-order chi connectivity index (χ0) is 17.9. The summed E-state index contributed by atoms with van der Waals surface area (Å²) in [7, 11) is 0. The summed E-state index contributed by atoms with van der Waals surface area (Å²) in [5, 5.41) is 3.33. The zero-order valence-corrected chi connectivity index (χ0v) is 14.4. The van der Waals surface area contributed by atoms with E-state index in [9.17, 15) is 14.4 Å². The normalized spacial score (nSPS) is 18.5. The van der Waals surface area contributed by atoms with Crippen LogP contribution in [0.3, 0.4) is 0 Å². The van der Waals surface area contributed by atoms with E-state index in [-0.39, 0.29) is 25.7 Å². The van der Waals surface area contributed by atoms with Gasteiger partial charge in [-0.15, -0.1) is 0 Å². The van der Waals surface area contributed by atoms with E-state index in [4.69, 9.17) is 21.1 Å². The molecule has 2 fully saturated rings. The molecule has 0 bridgehead atoms. The number of benzene rings is 1. The summed E-state index contributed by atoms with van der Waals surface area (Å²) in [5.41, 5.74) is -0.810. The molecule has 3 rings (SSSR count). The monoisotopic (exact) mass is 366 g/mol. The highest BCUT2D eigenvalue weighted by Gasteiger charge is 2.52.